The summed E-state index contributed by atoms with van der Waals surface area (Å²) in [6.45, 7) is 1.64. The molecular formula is C14H19FN2O2. The highest BCUT2D eigenvalue weighted by Crippen LogP contribution is 2.26. The highest BCUT2D eigenvalue weighted by molar-refractivity contribution is 5.78. The molecule has 2 N–H and O–H groups in total. The number of amides is 1. The molecule has 4 nitrogen and oxygen atoms in total. The Morgan fingerprint density at radius 2 is 2.26 bits per heavy atom. The first-order valence-corrected chi connectivity index (χ1v) is 6.42. The average Bonchev–Trinajstić information content (AvgIpc) is 3.20. The lowest BCUT2D eigenvalue weighted by Gasteiger charge is -2.17. The van der Waals surface area contributed by atoms with Gasteiger partial charge in [-0.2, -0.15) is 0 Å². The number of benzene rings is 1. The molecule has 1 aromatic carbocycles. The lowest BCUT2D eigenvalue weighted by atomic mass is 10.1. The van der Waals surface area contributed by atoms with E-state index >= 15 is 0 Å². The summed E-state index contributed by atoms with van der Waals surface area (Å²) in [4.78, 5) is 13.4. The van der Waals surface area contributed by atoms with Crippen LogP contribution < -0.4 is 10.5 Å². The summed E-state index contributed by atoms with van der Waals surface area (Å²) in [5.74, 6) is -0.531. The van der Waals surface area contributed by atoms with Gasteiger partial charge in [0.05, 0.1) is 0 Å². The molecule has 1 fully saturated rings. The van der Waals surface area contributed by atoms with Crippen LogP contribution in [0.4, 0.5) is 4.39 Å². The second-order valence-electron chi connectivity index (χ2n) is 5.00. The number of nitrogens with zero attached hydrogens (tertiary/aromatic N) is 1. The third kappa shape index (κ3) is 3.44. The summed E-state index contributed by atoms with van der Waals surface area (Å²) < 4.78 is 19.0. The maximum atomic E-state index is 13.7. The zero-order chi connectivity index (χ0) is 14.0. The predicted molar refractivity (Wildman–Crippen MR) is 70.3 cm³/mol. The van der Waals surface area contributed by atoms with Crippen LogP contribution in [0.5, 0.6) is 5.75 Å². The lowest BCUT2D eigenvalue weighted by molar-refractivity contribution is -0.132. The van der Waals surface area contributed by atoms with Crippen molar-refractivity contribution >= 4 is 5.91 Å². The molecule has 1 aliphatic carbocycles. The van der Waals surface area contributed by atoms with Gasteiger partial charge < -0.3 is 15.4 Å². The molecule has 1 saturated carbocycles. The van der Waals surface area contributed by atoms with Gasteiger partial charge in [0.15, 0.2) is 18.2 Å². The molecule has 5 heteroatoms. The van der Waals surface area contributed by atoms with Gasteiger partial charge in [0.1, 0.15) is 0 Å². The maximum Gasteiger partial charge on any atom is 0.260 e. The largest absolute Gasteiger partial charge is 0.481 e. The number of halogens is 1. The zero-order valence-corrected chi connectivity index (χ0v) is 11.2. The molecule has 0 heterocycles. The Hall–Kier alpha value is -1.62. The van der Waals surface area contributed by atoms with Crippen LogP contribution in [0.2, 0.25) is 0 Å². The van der Waals surface area contributed by atoms with E-state index in [4.69, 9.17) is 10.5 Å². The molecule has 1 atom stereocenters. The summed E-state index contributed by atoms with van der Waals surface area (Å²) >= 11 is 0. The van der Waals surface area contributed by atoms with Gasteiger partial charge in [-0.3, -0.25) is 4.79 Å². The highest BCUT2D eigenvalue weighted by atomic mass is 19.1. The van der Waals surface area contributed by atoms with Crippen LogP contribution in [0.3, 0.4) is 0 Å². The Kier molecular flexibility index (Phi) is 4.04. The Balaban J connectivity index is 1.93. The quantitative estimate of drug-likeness (QED) is 0.884. The second kappa shape index (κ2) is 5.57. The van der Waals surface area contributed by atoms with Crippen molar-refractivity contribution in [2.75, 3.05) is 13.7 Å². The Morgan fingerprint density at radius 1 is 1.58 bits per heavy atom. The fourth-order valence-electron chi connectivity index (χ4n) is 1.82. The Morgan fingerprint density at radius 3 is 2.79 bits per heavy atom. The molecule has 0 bridgehead atoms. The van der Waals surface area contributed by atoms with Crippen molar-refractivity contribution in [3.05, 3.63) is 29.6 Å². The standard InChI is InChI=1S/C14H19FN2O2/c1-9(16)10-3-6-13(12(15)7-10)19-8-14(18)17(2)11-4-5-11/h3,6-7,9,11H,4-5,8,16H2,1-2H3/t9-/m1/s1. The fourth-order valence-corrected chi connectivity index (χ4v) is 1.82. The molecule has 2 rings (SSSR count). The molecule has 0 saturated heterocycles. The van der Waals surface area contributed by atoms with Crippen LogP contribution in [0, 0.1) is 5.82 Å². The third-order valence-electron chi connectivity index (χ3n) is 3.32. The molecular weight excluding hydrogens is 247 g/mol. The summed E-state index contributed by atoms with van der Waals surface area (Å²) in [5, 5.41) is 0. The average molecular weight is 266 g/mol. The molecule has 1 amide bonds. The van der Waals surface area contributed by atoms with Crippen molar-refractivity contribution in [3.8, 4) is 5.75 Å². The molecule has 0 radical (unpaired) electrons. The molecule has 0 aliphatic heterocycles. The van der Waals surface area contributed by atoms with E-state index in [1.54, 1.807) is 24.9 Å². The highest BCUT2D eigenvalue weighted by Gasteiger charge is 2.29. The first kappa shape index (κ1) is 13.8. The number of rotatable bonds is 5. The first-order valence-electron chi connectivity index (χ1n) is 6.42. The smallest absolute Gasteiger partial charge is 0.260 e. The van der Waals surface area contributed by atoms with Crippen LogP contribution in [0.1, 0.15) is 31.4 Å². The molecule has 1 aromatic rings. The van der Waals surface area contributed by atoms with Crippen LogP contribution >= 0.6 is 0 Å². The molecule has 104 valence electrons. The summed E-state index contributed by atoms with van der Waals surface area (Å²) in [5.41, 5.74) is 6.37. The van der Waals surface area contributed by atoms with E-state index in [2.05, 4.69) is 0 Å². The van der Waals surface area contributed by atoms with Crippen molar-refractivity contribution < 1.29 is 13.9 Å². The fraction of sp³-hybridized carbons (Fsp3) is 0.500. The van der Waals surface area contributed by atoms with E-state index in [1.165, 1.54) is 12.1 Å². The molecule has 1 aliphatic rings. The van der Waals surface area contributed by atoms with Crippen molar-refractivity contribution in [3.63, 3.8) is 0 Å². The normalized spacial score (nSPS) is 16.0. The van der Waals surface area contributed by atoms with Gasteiger partial charge >= 0.3 is 0 Å². The van der Waals surface area contributed by atoms with E-state index in [0.29, 0.717) is 11.6 Å². The van der Waals surface area contributed by atoms with Crippen molar-refractivity contribution in [1.82, 2.24) is 4.90 Å². The van der Waals surface area contributed by atoms with Crippen molar-refractivity contribution in [2.45, 2.75) is 31.8 Å². The molecule has 0 aromatic heterocycles. The van der Waals surface area contributed by atoms with Gasteiger partial charge in [0, 0.05) is 19.1 Å². The summed E-state index contributed by atoms with van der Waals surface area (Å²) in [6.07, 6.45) is 2.08. The number of hydrogen-bond acceptors (Lipinski definition) is 3. The monoisotopic (exact) mass is 266 g/mol. The number of ether oxygens (including phenoxy) is 1. The van der Waals surface area contributed by atoms with Crippen LogP contribution in [-0.2, 0) is 4.79 Å². The SMILES string of the molecule is C[C@@H](N)c1ccc(OCC(=O)N(C)C2CC2)c(F)c1. The first-order chi connectivity index (χ1) is 8.99. The second-order valence-corrected chi connectivity index (χ2v) is 5.00. The minimum atomic E-state index is -0.489. The minimum Gasteiger partial charge on any atom is -0.481 e. The topological polar surface area (TPSA) is 55.6 Å². The van der Waals surface area contributed by atoms with E-state index in [0.717, 1.165) is 12.8 Å². The summed E-state index contributed by atoms with van der Waals surface area (Å²) in [7, 11) is 1.75. The van der Waals surface area contributed by atoms with Gasteiger partial charge in [0.2, 0.25) is 0 Å². The summed E-state index contributed by atoms with van der Waals surface area (Å²) in [6, 6.07) is 4.67. The Bertz CT molecular complexity index is 473. The van der Waals surface area contributed by atoms with Crippen LogP contribution in [0.25, 0.3) is 0 Å². The van der Waals surface area contributed by atoms with E-state index < -0.39 is 5.82 Å². The van der Waals surface area contributed by atoms with E-state index in [-0.39, 0.29) is 24.3 Å². The van der Waals surface area contributed by atoms with Crippen LogP contribution in [-0.4, -0.2) is 30.5 Å². The van der Waals surface area contributed by atoms with E-state index in [1.807, 2.05) is 0 Å². The van der Waals surface area contributed by atoms with Gasteiger partial charge in [-0.1, -0.05) is 6.07 Å². The van der Waals surface area contributed by atoms with Crippen LogP contribution in [0.15, 0.2) is 18.2 Å². The molecule has 0 unspecified atom stereocenters. The maximum absolute atomic E-state index is 13.7. The minimum absolute atomic E-state index is 0.0851. The number of likely N-dealkylation sites (N-methyl/N-ethyl adjacent to an activating group) is 1. The zero-order valence-electron chi connectivity index (χ0n) is 11.2. The number of hydrogen-bond donors (Lipinski definition) is 1. The van der Waals surface area contributed by atoms with Gasteiger partial charge in [-0.05, 0) is 37.5 Å². The third-order valence-corrected chi connectivity index (χ3v) is 3.32. The van der Waals surface area contributed by atoms with Crippen molar-refractivity contribution in [1.29, 1.82) is 0 Å². The molecule has 19 heavy (non-hydrogen) atoms. The molecule has 0 spiro atoms. The Labute approximate surface area is 112 Å². The number of carbonyl (C=O) groups is 1. The predicted octanol–water partition coefficient (Wildman–Crippen LogP) is 1.85. The lowest BCUT2D eigenvalue weighted by Crippen LogP contribution is -2.33. The van der Waals surface area contributed by atoms with Gasteiger partial charge in [-0.25, -0.2) is 4.39 Å². The number of carbonyl (C=O) groups excluding carboxylic acids is 1. The van der Waals surface area contributed by atoms with Crippen molar-refractivity contribution in [2.24, 2.45) is 5.73 Å². The van der Waals surface area contributed by atoms with Gasteiger partial charge in [-0.15, -0.1) is 0 Å². The van der Waals surface area contributed by atoms with Gasteiger partial charge in [0.25, 0.3) is 5.91 Å². The van der Waals surface area contributed by atoms with E-state index in [9.17, 15) is 9.18 Å². The number of nitrogens with two attached hydrogens (primary N) is 1.